The molecule has 11 heteroatoms. The monoisotopic (exact) mass is 493 g/mol. The van der Waals surface area contributed by atoms with E-state index < -0.39 is 17.8 Å². The molecule has 1 aromatic heterocycles. The minimum absolute atomic E-state index is 0.0396. The number of thiazole rings is 1. The third-order valence-electron chi connectivity index (χ3n) is 5.45. The summed E-state index contributed by atoms with van der Waals surface area (Å²) in [6.07, 6.45) is 2.16. The average Bonchev–Trinajstić information content (AvgIpc) is 3.45. The smallest absolute Gasteiger partial charge is 0.338 e. The number of hydrogen-bond acceptors (Lipinski definition) is 9. The largest absolute Gasteiger partial charge is 0.466 e. The van der Waals surface area contributed by atoms with E-state index in [1.54, 1.807) is 6.20 Å². The molecule has 176 valence electrons. The predicted octanol–water partition coefficient (Wildman–Crippen LogP) is 2.85. The lowest BCUT2D eigenvalue weighted by Gasteiger charge is -2.31. The van der Waals surface area contributed by atoms with Gasteiger partial charge in [0, 0.05) is 53.4 Å². The maximum atomic E-state index is 13.8. The second-order valence-electron chi connectivity index (χ2n) is 7.90. The summed E-state index contributed by atoms with van der Waals surface area (Å²) in [5.41, 5.74) is 7.40. The van der Waals surface area contributed by atoms with Crippen molar-refractivity contribution in [3.05, 3.63) is 62.5 Å². The second-order valence-corrected chi connectivity index (χ2v) is 9.20. The lowest BCUT2D eigenvalue weighted by Crippen LogP contribution is -2.42. The van der Waals surface area contributed by atoms with E-state index in [2.05, 4.69) is 15.2 Å². The van der Waals surface area contributed by atoms with E-state index in [0.29, 0.717) is 53.8 Å². The molecule has 1 fully saturated rings. The number of esters is 1. The van der Waals surface area contributed by atoms with E-state index in [1.807, 2.05) is 12.3 Å². The Bertz CT molecular complexity index is 1080. The number of carbonyl (C=O) groups is 1. The Morgan fingerprint density at radius 1 is 1.52 bits per heavy atom. The molecule has 0 radical (unpaired) electrons. The third kappa shape index (κ3) is 5.25. The molecule has 3 heterocycles. The van der Waals surface area contributed by atoms with Gasteiger partial charge in [0.1, 0.15) is 18.1 Å². The number of rotatable bonds is 7. The predicted molar refractivity (Wildman–Crippen MR) is 125 cm³/mol. The second kappa shape index (κ2) is 10.3. The highest BCUT2D eigenvalue weighted by molar-refractivity contribution is 7.11. The Morgan fingerprint density at radius 2 is 2.33 bits per heavy atom. The maximum Gasteiger partial charge on any atom is 0.338 e. The number of carbonyl (C=O) groups excluding carboxylic acids is 1. The number of nitrogens with one attached hydrogen (secondary N) is 1. The molecule has 0 amide bonds. The van der Waals surface area contributed by atoms with Crippen molar-refractivity contribution in [3.63, 3.8) is 0 Å². The Kier molecular flexibility index (Phi) is 7.40. The van der Waals surface area contributed by atoms with Gasteiger partial charge in [-0.3, -0.25) is 9.89 Å². The van der Waals surface area contributed by atoms with Crippen LogP contribution in [0.3, 0.4) is 0 Å². The van der Waals surface area contributed by atoms with Crippen molar-refractivity contribution in [1.29, 1.82) is 0 Å². The molecule has 0 saturated carbocycles. The SMILES string of the molecule is COC(=O)C1=C(CN2CCO[C@H]2C[C@@H](C)N)NC(c2nccs2)=N[C@H]1c1ccc(F)cc1Cl. The van der Waals surface area contributed by atoms with E-state index in [-0.39, 0.29) is 17.3 Å². The van der Waals surface area contributed by atoms with Gasteiger partial charge in [0.05, 0.1) is 19.3 Å². The van der Waals surface area contributed by atoms with Gasteiger partial charge in [0.15, 0.2) is 10.8 Å². The molecule has 0 spiro atoms. The molecule has 2 aliphatic rings. The topological polar surface area (TPSA) is 102 Å². The van der Waals surface area contributed by atoms with Crippen LogP contribution in [-0.4, -0.2) is 60.8 Å². The van der Waals surface area contributed by atoms with Crippen molar-refractivity contribution in [2.75, 3.05) is 26.8 Å². The van der Waals surface area contributed by atoms with Crippen LogP contribution in [0.1, 0.15) is 30.0 Å². The van der Waals surface area contributed by atoms with Gasteiger partial charge in [-0.05, 0) is 19.1 Å². The molecular formula is C22H25ClFN5O3S. The lowest BCUT2D eigenvalue weighted by molar-refractivity contribution is -0.136. The number of amidine groups is 1. The zero-order chi connectivity index (χ0) is 23.5. The summed E-state index contributed by atoms with van der Waals surface area (Å²) in [5.74, 6) is -0.519. The molecule has 2 aromatic rings. The highest BCUT2D eigenvalue weighted by Gasteiger charge is 2.36. The molecule has 1 aromatic carbocycles. The minimum Gasteiger partial charge on any atom is -0.466 e. The van der Waals surface area contributed by atoms with Gasteiger partial charge in [-0.1, -0.05) is 17.7 Å². The van der Waals surface area contributed by atoms with E-state index in [9.17, 15) is 9.18 Å². The Morgan fingerprint density at radius 3 is 3.00 bits per heavy atom. The Balaban J connectivity index is 1.79. The van der Waals surface area contributed by atoms with Crippen LogP contribution in [-0.2, 0) is 14.3 Å². The number of aliphatic imine (C=N–C) groups is 1. The number of nitrogens with two attached hydrogens (primary N) is 1. The molecule has 0 bridgehead atoms. The number of hydrogen-bond donors (Lipinski definition) is 2. The van der Waals surface area contributed by atoms with E-state index >= 15 is 0 Å². The number of ether oxygens (including phenoxy) is 2. The van der Waals surface area contributed by atoms with Gasteiger partial charge >= 0.3 is 5.97 Å². The van der Waals surface area contributed by atoms with Crippen molar-refractivity contribution < 1.29 is 18.7 Å². The quantitative estimate of drug-likeness (QED) is 0.572. The van der Waals surface area contributed by atoms with Crippen LogP contribution in [0.4, 0.5) is 4.39 Å². The highest BCUT2D eigenvalue weighted by Crippen LogP contribution is 2.37. The Labute approximate surface area is 200 Å². The molecule has 3 N–H and O–H groups in total. The highest BCUT2D eigenvalue weighted by atomic mass is 35.5. The average molecular weight is 494 g/mol. The standard InChI is InChI=1S/C22H25ClFN5O3S/c1-12(25)9-17-29(6-7-32-17)11-16-18(22(30)31-2)19(14-4-3-13(24)10-15(14)23)28-20(27-16)21-26-5-8-33-21/h3-5,8,10,12,17,19H,6-7,9,11,25H2,1-2H3,(H,27,28)/t12-,17+,19+/m1/s1. The maximum absolute atomic E-state index is 13.8. The van der Waals surface area contributed by atoms with Crippen molar-refractivity contribution >= 4 is 34.7 Å². The van der Waals surface area contributed by atoms with E-state index in [1.165, 1.54) is 36.6 Å². The van der Waals surface area contributed by atoms with Gasteiger partial charge < -0.3 is 20.5 Å². The van der Waals surface area contributed by atoms with Crippen LogP contribution >= 0.6 is 22.9 Å². The minimum atomic E-state index is -0.795. The number of methoxy groups -OCH3 is 1. The van der Waals surface area contributed by atoms with Crippen LogP contribution < -0.4 is 11.1 Å². The van der Waals surface area contributed by atoms with Gasteiger partial charge in [-0.2, -0.15) is 0 Å². The molecule has 1 saturated heterocycles. The van der Waals surface area contributed by atoms with Crippen molar-refractivity contribution in [2.45, 2.75) is 31.7 Å². The first-order valence-corrected chi connectivity index (χ1v) is 11.7. The van der Waals surface area contributed by atoms with Crippen molar-refractivity contribution in [2.24, 2.45) is 10.7 Å². The van der Waals surface area contributed by atoms with Crippen molar-refractivity contribution in [3.8, 4) is 0 Å². The summed E-state index contributed by atoms with van der Waals surface area (Å²) < 4.78 is 24.7. The van der Waals surface area contributed by atoms with Crippen molar-refractivity contribution in [1.82, 2.24) is 15.2 Å². The summed E-state index contributed by atoms with van der Waals surface area (Å²) in [4.78, 5) is 24.2. The summed E-state index contributed by atoms with van der Waals surface area (Å²) in [6, 6.07) is 3.20. The normalized spacial score (nSPS) is 22.2. The molecular weight excluding hydrogens is 469 g/mol. The van der Waals surface area contributed by atoms with Crippen LogP contribution in [0.2, 0.25) is 5.02 Å². The molecule has 4 rings (SSSR count). The van der Waals surface area contributed by atoms with Gasteiger partial charge in [-0.25, -0.2) is 14.2 Å². The number of halogens is 2. The fourth-order valence-corrected chi connectivity index (χ4v) is 4.80. The van der Waals surface area contributed by atoms with Crippen LogP contribution in [0.5, 0.6) is 0 Å². The summed E-state index contributed by atoms with van der Waals surface area (Å²) in [5, 5.41) is 5.95. The van der Waals surface area contributed by atoms with E-state index in [0.717, 1.165) is 0 Å². The zero-order valence-electron chi connectivity index (χ0n) is 18.3. The summed E-state index contributed by atoms with van der Waals surface area (Å²) >= 11 is 7.80. The summed E-state index contributed by atoms with van der Waals surface area (Å²) in [7, 11) is 1.31. The molecule has 8 nitrogen and oxygen atoms in total. The first-order valence-electron chi connectivity index (χ1n) is 10.5. The Hall–Kier alpha value is -2.37. The molecule has 0 aliphatic carbocycles. The number of benzene rings is 1. The zero-order valence-corrected chi connectivity index (χ0v) is 19.8. The fraction of sp³-hybridized carbons (Fsp3) is 0.409. The van der Waals surface area contributed by atoms with Gasteiger partial charge in [-0.15, -0.1) is 11.3 Å². The van der Waals surface area contributed by atoms with Gasteiger partial charge in [0.2, 0.25) is 0 Å². The number of nitrogens with zero attached hydrogens (tertiary/aromatic N) is 3. The molecule has 33 heavy (non-hydrogen) atoms. The summed E-state index contributed by atoms with van der Waals surface area (Å²) in [6.45, 7) is 3.56. The third-order valence-corrected chi connectivity index (χ3v) is 6.56. The molecule has 0 unspecified atom stereocenters. The first-order chi connectivity index (χ1) is 15.9. The van der Waals surface area contributed by atoms with Crippen LogP contribution in [0.25, 0.3) is 0 Å². The lowest BCUT2D eigenvalue weighted by atomic mass is 9.95. The van der Waals surface area contributed by atoms with Gasteiger partial charge in [0.25, 0.3) is 0 Å². The molecule has 3 atom stereocenters. The van der Waals surface area contributed by atoms with Crippen LogP contribution in [0.15, 0.2) is 46.0 Å². The number of aromatic nitrogens is 1. The van der Waals surface area contributed by atoms with Crippen LogP contribution in [0, 0.1) is 5.82 Å². The fourth-order valence-electron chi connectivity index (χ4n) is 3.94. The molecule has 2 aliphatic heterocycles. The van der Waals surface area contributed by atoms with E-state index in [4.69, 9.17) is 31.8 Å². The first kappa shape index (κ1) is 23.8.